The van der Waals surface area contributed by atoms with Gasteiger partial charge in [0.25, 0.3) is 0 Å². The summed E-state index contributed by atoms with van der Waals surface area (Å²) in [5.41, 5.74) is 13.0. The second-order valence-electron chi connectivity index (χ2n) is 5.63. The molecule has 0 aromatic heterocycles. The molecule has 1 aliphatic rings. The molecular weight excluding hydrogens is 294 g/mol. The molecule has 1 fully saturated rings. The Morgan fingerprint density at radius 2 is 1.78 bits per heavy atom. The maximum Gasteiger partial charge on any atom is 0.311 e. The molecule has 1 aromatic carbocycles. The summed E-state index contributed by atoms with van der Waals surface area (Å²) in [6.45, 7) is 4.86. The van der Waals surface area contributed by atoms with Crippen LogP contribution in [0.2, 0.25) is 0 Å². The van der Waals surface area contributed by atoms with Crippen molar-refractivity contribution in [3.8, 4) is 0 Å². The highest BCUT2D eigenvalue weighted by Crippen LogP contribution is 2.05. The van der Waals surface area contributed by atoms with E-state index in [1.54, 1.807) is 4.90 Å². The van der Waals surface area contributed by atoms with E-state index in [4.69, 9.17) is 11.5 Å². The van der Waals surface area contributed by atoms with E-state index in [1.807, 2.05) is 24.3 Å². The van der Waals surface area contributed by atoms with Gasteiger partial charge in [0.2, 0.25) is 0 Å². The first-order valence-corrected chi connectivity index (χ1v) is 7.91. The molecule has 23 heavy (non-hydrogen) atoms. The number of hydrogen-bond acceptors (Lipinski definition) is 5. The molecule has 0 saturated carbocycles. The van der Waals surface area contributed by atoms with Crippen LogP contribution >= 0.6 is 0 Å². The summed E-state index contributed by atoms with van der Waals surface area (Å²) in [7, 11) is 0. The summed E-state index contributed by atoms with van der Waals surface area (Å²) in [5, 5.41) is 2.68. The normalized spacial score (nSPS) is 15.5. The van der Waals surface area contributed by atoms with Crippen LogP contribution in [0.4, 0.5) is 0 Å². The van der Waals surface area contributed by atoms with Crippen LogP contribution in [0.3, 0.4) is 0 Å². The number of benzene rings is 1. The van der Waals surface area contributed by atoms with Gasteiger partial charge in [-0.2, -0.15) is 0 Å². The fraction of sp³-hybridized carbons (Fsp3) is 0.500. The van der Waals surface area contributed by atoms with E-state index in [9.17, 15) is 9.59 Å². The lowest BCUT2D eigenvalue weighted by atomic mass is 10.1. The van der Waals surface area contributed by atoms with Crippen molar-refractivity contribution in [2.45, 2.75) is 13.1 Å². The maximum absolute atomic E-state index is 12.2. The van der Waals surface area contributed by atoms with Crippen LogP contribution in [0.1, 0.15) is 11.1 Å². The first-order chi connectivity index (χ1) is 11.1. The number of nitrogens with two attached hydrogens (primary N) is 2. The van der Waals surface area contributed by atoms with E-state index in [0.29, 0.717) is 32.7 Å². The van der Waals surface area contributed by atoms with Gasteiger partial charge in [0.1, 0.15) is 0 Å². The Balaban J connectivity index is 1.80. The Bertz CT molecular complexity index is 541. The minimum Gasteiger partial charge on any atom is -0.344 e. The number of nitrogens with zero attached hydrogens (tertiary/aromatic N) is 2. The molecule has 0 atom stereocenters. The van der Waals surface area contributed by atoms with Crippen LogP contribution in [-0.2, 0) is 22.7 Å². The number of hydrogen-bond donors (Lipinski definition) is 3. The average molecular weight is 319 g/mol. The lowest BCUT2D eigenvalue weighted by Gasteiger charge is -2.34. The zero-order valence-electron chi connectivity index (χ0n) is 13.3. The summed E-state index contributed by atoms with van der Waals surface area (Å²) in [6.07, 6.45) is 0. The van der Waals surface area contributed by atoms with Gasteiger partial charge in [0.15, 0.2) is 0 Å². The van der Waals surface area contributed by atoms with Crippen molar-refractivity contribution in [1.29, 1.82) is 0 Å². The summed E-state index contributed by atoms with van der Waals surface area (Å²) in [4.78, 5) is 28.0. The lowest BCUT2D eigenvalue weighted by molar-refractivity contribution is -0.147. The molecule has 0 unspecified atom stereocenters. The van der Waals surface area contributed by atoms with Crippen molar-refractivity contribution in [2.24, 2.45) is 11.5 Å². The van der Waals surface area contributed by atoms with Crippen LogP contribution in [-0.4, -0.2) is 60.9 Å². The lowest BCUT2D eigenvalue weighted by Crippen LogP contribution is -2.53. The highest BCUT2D eigenvalue weighted by molar-refractivity contribution is 6.34. The smallest absolute Gasteiger partial charge is 0.311 e. The Morgan fingerprint density at radius 1 is 1.09 bits per heavy atom. The molecule has 7 nitrogen and oxygen atoms in total. The zero-order valence-corrected chi connectivity index (χ0v) is 13.3. The van der Waals surface area contributed by atoms with Gasteiger partial charge in [-0.1, -0.05) is 24.3 Å². The zero-order chi connectivity index (χ0) is 16.7. The Hall–Kier alpha value is -1.96. The molecule has 0 aliphatic carbocycles. The molecule has 2 amide bonds. The molecule has 1 saturated heterocycles. The molecule has 126 valence electrons. The van der Waals surface area contributed by atoms with Gasteiger partial charge in [-0.05, 0) is 11.1 Å². The molecule has 7 heteroatoms. The highest BCUT2D eigenvalue weighted by Gasteiger charge is 2.25. The Morgan fingerprint density at radius 3 is 2.43 bits per heavy atom. The molecule has 0 bridgehead atoms. The van der Waals surface area contributed by atoms with Gasteiger partial charge in [0.05, 0.1) is 0 Å². The molecule has 1 aliphatic heterocycles. The van der Waals surface area contributed by atoms with Gasteiger partial charge >= 0.3 is 11.8 Å². The fourth-order valence-electron chi connectivity index (χ4n) is 2.63. The third-order valence-corrected chi connectivity index (χ3v) is 3.98. The van der Waals surface area contributed by atoms with Crippen molar-refractivity contribution >= 4 is 11.8 Å². The quantitative estimate of drug-likeness (QED) is 0.595. The van der Waals surface area contributed by atoms with E-state index in [0.717, 1.165) is 30.8 Å². The second kappa shape index (κ2) is 8.61. The van der Waals surface area contributed by atoms with E-state index in [-0.39, 0.29) is 0 Å². The van der Waals surface area contributed by atoms with Crippen LogP contribution in [0, 0.1) is 0 Å². The van der Waals surface area contributed by atoms with Gasteiger partial charge in [-0.3, -0.25) is 14.5 Å². The van der Waals surface area contributed by atoms with Crippen molar-refractivity contribution in [3.05, 3.63) is 35.4 Å². The molecule has 2 rings (SSSR count). The number of amides is 2. The van der Waals surface area contributed by atoms with E-state index in [1.165, 1.54) is 0 Å². The second-order valence-corrected chi connectivity index (χ2v) is 5.63. The summed E-state index contributed by atoms with van der Waals surface area (Å²) < 4.78 is 0. The van der Waals surface area contributed by atoms with Crippen molar-refractivity contribution in [2.75, 3.05) is 39.3 Å². The van der Waals surface area contributed by atoms with Gasteiger partial charge in [0, 0.05) is 52.4 Å². The Labute approximate surface area is 136 Å². The van der Waals surface area contributed by atoms with Crippen LogP contribution in [0.5, 0.6) is 0 Å². The molecule has 5 N–H and O–H groups in total. The molecule has 1 heterocycles. The minimum atomic E-state index is -0.560. The minimum absolute atomic E-state index is 0.325. The van der Waals surface area contributed by atoms with Crippen LogP contribution in [0.25, 0.3) is 0 Å². The fourth-order valence-corrected chi connectivity index (χ4v) is 2.63. The van der Waals surface area contributed by atoms with Gasteiger partial charge < -0.3 is 21.7 Å². The summed E-state index contributed by atoms with van der Waals surface area (Å²) in [5.74, 6) is -1.03. The first-order valence-electron chi connectivity index (χ1n) is 7.91. The van der Waals surface area contributed by atoms with E-state index >= 15 is 0 Å². The molecule has 1 aromatic rings. The number of carbonyl (C=O) groups excluding carboxylic acids is 2. The number of rotatable bonds is 5. The van der Waals surface area contributed by atoms with Gasteiger partial charge in [-0.15, -0.1) is 0 Å². The monoisotopic (exact) mass is 319 g/mol. The van der Waals surface area contributed by atoms with Gasteiger partial charge in [-0.25, -0.2) is 0 Å². The van der Waals surface area contributed by atoms with E-state index < -0.39 is 11.8 Å². The number of carbonyl (C=O) groups is 2. The summed E-state index contributed by atoms with van der Waals surface area (Å²) in [6, 6.07) is 7.64. The number of nitrogens with one attached hydrogen (secondary N) is 1. The molecule has 0 spiro atoms. The van der Waals surface area contributed by atoms with Crippen molar-refractivity contribution < 1.29 is 9.59 Å². The maximum atomic E-state index is 12.2. The SMILES string of the molecule is NCCN1CCN(C(=O)C(=O)NCc2cccc(CN)c2)CC1. The van der Waals surface area contributed by atoms with Crippen molar-refractivity contribution in [3.63, 3.8) is 0 Å². The van der Waals surface area contributed by atoms with E-state index in [2.05, 4.69) is 10.2 Å². The standard InChI is InChI=1S/C16H25N5O2/c17-4-5-20-6-8-21(9-7-20)16(23)15(22)19-12-14-3-1-2-13(10-14)11-18/h1-3,10H,4-9,11-12,17-18H2,(H,19,22). The predicted octanol–water partition coefficient (Wildman–Crippen LogP) is -1.14. The topological polar surface area (TPSA) is 105 Å². The third kappa shape index (κ3) is 5.02. The third-order valence-electron chi connectivity index (χ3n) is 3.98. The average Bonchev–Trinajstić information content (AvgIpc) is 2.60. The Kier molecular flexibility index (Phi) is 6.52. The highest BCUT2D eigenvalue weighted by atomic mass is 16.2. The first kappa shape index (κ1) is 17.4. The van der Waals surface area contributed by atoms with Crippen LogP contribution in [0.15, 0.2) is 24.3 Å². The van der Waals surface area contributed by atoms with Crippen LogP contribution < -0.4 is 16.8 Å². The largest absolute Gasteiger partial charge is 0.344 e. The number of piperazine rings is 1. The summed E-state index contributed by atoms with van der Waals surface area (Å²) >= 11 is 0. The molecule has 0 radical (unpaired) electrons. The van der Waals surface area contributed by atoms with Crippen molar-refractivity contribution in [1.82, 2.24) is 15.1 Å². The molecular formula is C16H25N5O2. The predicted molar refractivity (Wildman–Crippen MR) is 88.3 cm³/mol.